The lowest BCUT2D eigenvalue weighted by atomic mass is 9.99. The molecule has 23 heavy (non-hydrogen) atoms. The lowest BCUT2D eigenvalue weighted by Gasteiger charge is -2.31. The Morgan fingerprint density at radius 1 is 1.39 bits per heavy atom. The minimum absolute atomic E-state index is 0.0720. The first-order chi connectivity index (χ1) is 11.0. The molecule has 1 aliphatic rings. The van der Waals surface area contributed by atoms with Gasteiger partial charge in [0, 0.05) is 32.0 Å². The van der Waals surface area contributed by atoms with Gasteiger partial charge >= 0.3 is 0 Å². The summed E-state index contributed by atoms with van der Waals surface area (Å²) in [5.74, 6) is -0.159. The molecule has 1 saturated heterocycles. The smallest absolute Gasteiger partial charge is 0.224 e. The van der Waals surface area contributed by atoms with Crippen LogP contribution in [0.3, 0.4) is 0 Å². The molecule has 1 amide bonds. The van der Waals surface area contributed by atoms with E-state index in [-0.39, 0.29) is 17.6 Å². The fraction of sp³-hybridized carbons (Fsp3) is 0.625. The summed E-state index contributed by atoms with van der Waals surface area (Å²) in [5.41, 5.74) is 0.983. The second-order valence-corrected chi connectivity index (χ2v) is 8.03. The summed E-state index contributed by atoms with van der Waals surface area (Å²) in [7, 11) is -3.23. The Labute approximate surface area is 138 Å². The SMILES string of the molecule is CCCCS(=O)(=O)N1CCC[C@@H](C(=O)NCc2ccncc2)C1. The van der Waals surface area contributed by atoms with E-state index in [1.54, 1.807) is 12.4 Å². The molecule has 0 bridgehead atoms. The van der Waals surface area contributed by atoms with Crippen molar-refractivity contribution in [3.05, 3.63) is 30.1 Å². The van der Waals surface area contributed by atoms with Gasteiger partial charge in [-0.1, -0.05) is 13.3 Å². The molecule has 0 radical (unpaired) electrons. The predicted octanol–water partition coefficient (Wildman–Crippen LogP) is 1.54. The van der Waals surface area contributed by atoms with Gasteiger partial charge in [-0.25, -0.2) is 12.7 Å². The number of carbonyl (C=O) groups excluding carboxylic acids is 1. The highest BCUT2D eigenvalue weighted by Gasteiger charge is 2.31. The van der Waals surface area contributed by atoms with E-state index in [1.807, 2.05) is 19.1 Å². The first-order valence-corrected chi connectivity index (χ1v) is 9.78. The number of sulfonamides is 1. The van der Waals surface area contributed by atoms with Gasteiger partial charge in [-0.2, -0.15) is 0 Å². The monoisotopic (exact) mass is 339 g/mol. The Kier molecular flexibility index (Phi) is 6.53. The number of aromatic nitrogens is 1. The molecule has 1 aromatic heterocycles. The second kappa shape index (κ2) is 8.40. The number of pyridine rings is 1. The van der Waals surface area contributed by atoms with Crippen molar-refractivity contribution in [2.45, 2.75) is 39.2 Å². The average molecular weight is 339 g/mol. The van der Waals surface area contributed by atoms with Gasteiger partial charge < -0.3 is 5.32 Å². The van der Waals surface area contributed by atoms with Crippen molar-refractivity contribution in [2.75, 3.05) is 18.8 Å². The van der Waals surface area contributed by atoms with Gasteiger partial charge in [-0.15, -0.1) is 0 Å². The maximum atomic E-state index is 12.3. The third-order valence-corrected chi connectivity index (χ3v) is 6.04. The van der Waals surface area contributed by atoms with E-state index in [0.29, 0.717) is 26.1 Å². The molecular formula is C16H25N3O3S. The van der Waals surface area contributed by atoms with E-state index in [2.05, 4.69) is 10.3 Å². The van der Waals surface area contributed by atoms with E-state index in [9.17, 15) is 13.2 Å². The van der Waals surface area contributed by atoms with Gasteiger partial charge in [0.2, 0.25) is 15.9 Å². The Hall–Kier alpha value is -1.47. The summed E-state index contributed by atoms with van der Waals surface area (Å²) in [6.45, 7) is 3.25. The van der Waals surface area contributed by atoms with Crippen molar-refractivity contribution in [3.63, 3.8) is 0 Å². The summed E-state index contributed by atoms with van der Waals surface area (Å²) in [5, 5.41) is 2.90. The van der Waals surface area contributed by atoms with E-state index in [1.165, 1.54) is 4.31 Å². The maximum Gasteiger partial charge on any atom is 0.224 e. The second-order valence-electron chi connectivity index (χ2n) is 5.94. The molecule has 0 aromatic carbocycles. The van der Waals surface area contributed by atoms with Crippen LogP contribution in [-0.2, 0) is 21.4 Å². The first kappa shape index (κ1) is 17.9. The van der Waals surface area contributed by atoms with Crippen LogP contribution in [0.1, 0.15) is 38.2 Å². The number of amides is 1. The normalized spacial score (nSPS) is 19.4. The molecule has 2 heterocycles. The first-order valence-electron chi connectivity index (χ1n) is 8.17. The van der Waals surface area contributed by atoms with Crippen molar-refractivity contribution in [2.24, 2.45) is 5.92 Å². The third-order valence-electron chi connectivity index (χ3n) is 4.12. The molecule has 0 spiro atoms. The molecular weight excluding hydrogens is 314 g/mol. The standard InChI is InChI=1S/C16H25N3O3S/c1-2-3-11-23(21,22)19-10-4-5-15(13-19)16(20)18-12-14-6-8-17-9-7-14/h6-9,15H,2-5,10-13H2,1H3,(H,18,20)/t15-/m1/s1. The predicted molar refractivity (Wildman–Crippen MR) is 89.1 cm³/mol. The number of carbonyl (C=O) groups is 1. The summed E-state index contributed by atoms with van der Waals surface area (Å²) in [4.78, 5) is 16.2. The van der Waals surface area contributed by atoms with Gasteiger partial charge in [0.25, 0.3) is 0 Å². The maximum absolute atomic E-state index is 12.3. The fourth-order valence-electron chi connectivity index (χ4n) is 2.70. The van der Waals surface area contributed by atoms with E-state index < -0.39 is 10.0 Å². The van der Waals surface area contributed by atoms with Crippen molar-refractivity contribution in [1.29, 1.82) is 0 Å². The quantitative estimate of drug-likeness (QED) is 0.817. The van der Waals surface area contributed by atoms with Gasteiger partial charge in [-0.05, 0) is 37.0 Å². The van der Waals surface area contributed by atoms with Gasteiger partial charge in [0.05, 0.1) is 11.7 Å². The molecule has 1 atom stereocenters. The Morgan fingerprint density at radius 3 is 2.83 bits per heavy atom. The van der Waals surface area contributed by atoms with Crippen LogP contribution in [0.4, 0.5) is 0 Å². The topological polar surface area (TPSA) is 79.4 Å². The minimum atomic E-state index is -3.23. The molecule has 1 fully saturated rings. The molecule has 1 aliphatic heterocycles. The Bertz CT molecular complexity index is 604. The molecule has 128 valence electrons. The molecule has 2 rings (SSSR count). The van der Waals surface area contributed by atoms with Crippen LogP contribution in [0.15, 0.2) is 24.5 Å². The lowest BCUT2D eigenvalue weighted by Crippen LogP contribution is -2.45. The van der Waals surface area contributed by atoms with Crippen LogP contribution in [0.5, 0.6) is 0 Å². The van der Waals surface area contributed by atoms with Crippen molar-refractivity contribution in [3.8, 4) is 0 Å². The molecule has 1 N–H and O–H groups in total. The van der Waals surface area contributed by atoms with Crippen LogP contribution in [0, 0.1) is 5.92 Å². The Balaban J connectivity index is 1.88. The summed E-state index contributed by atoms with van der Waals surface area (Å²) < 4.78 is 26.0. The van der Waals surface area contributed by atoms with Crippen LogP contribution in [0.25, 0.3) is 0 Å². The zero-order chi connectivity index (χ0) is 16.7. The van der Waals surface area contributed by atoms with Gasteiger partial charge in [-0.3, -0.25) is 9.78 Å². The minimum Gasteiger partial charge on any atom is -0.352 e. The molecule has 0 unspecified atom stereocenters. The third kappa shape index (κ3) is 5.28. The van der Waals surface area contributed by atoms with E-state index >= 15 is 0 Å². The highest BCUT2D eigenvalue weighted by molar-refractivity contribution is 7.89. The molecule has 0 saturated carbocycles. The van der Waals surface area contributed by atoms with Crippen LogP contribution in [-0.4, -0.2) is 42.5 Å². The number of rotatable bonds is 7. The number of piperidine rings is 1. The summed E-state index contributed by atoms with van der Waals surface area (Å²) in [6.07, 6.45) is 6.36. The molecule has 6 nitrogen and oxygen atoms in total. The van der Waals surface area contributed by atoms with Crippen LogP contribution < -0.4 is 5.32 Å². The van der Waals surface area contributed by atoms with E-state index in [0.717, 1.165) is 24.8 Å². The summed E-state index contributed by atoms with van der Waals surface area (Å²) in [6, 6.07) is 3.70. The zero-order valence-electron chi connectivity index (χ0n) is 13.6. The van der Waals surface area contributed by atoms with Crippen molar-refractivity contribution < 1.29 is 13.2 Å². The number of unbranched alkanes of at least 4 members (excludes halogenated alkanes) is 1. The Morgan fingerprint density at radius 2 is 2.13 bits per heavy atom. The zero-order valence-corrected chi connectivity index (χ0v) is 14.4. The number of nitrogens with one attached hydrogen (secondary N) is 1. The number of hydrogen-bond acceptors (Lipinski definition) is 4. The van der Waals surface area contributed by atoms with Gasteiger partial charge in [0.15, 0.2) is 0 Å². The summed E-state index contributed by atoms with van der Waals surface area (Å²) >= 11 is 0. The fourth-order valence-corrected chi connectivity index (χ4v) is 4.43. The highest BCUT2D eigenvalue weighted by Crippen LogP contribution is 2.20. The van der Waals surface area contributed by atoms with Crippen LogP contribution in [0.2, 0.25) is 0 Å². The average Bonchev–Trinajstić information content (AvgIpc) is 2.59. The van der Waals surface area contributed by atoms with E-state index in [4.69, 9.17) is 0 Å². The molecule has 7 heteroatoms. The van der Waals surface area contributed by atoms with Gasteiger partial charge in [0.1, 0.15) is 0 Å². The molecule has 0 aliphatic carbocycles. The van der Waals surface area contributed by atoms with Crippen molar-refractivity contribution in [1.82, 2.24) is 14.6 Å². The number of nitrogens with zero attached hydrogens (tertiary/aromatic N) is 2. The largest absolute Gasteiger partial charge is 0.352 e. The molecule has 1 aromatic rings. The number of hydrogen-bond donors (Lipinski definition) is 1. The van der Waals surface area contributed by atoms with Crippen molar-refractivity contribution >= 4 is 15.9 Å². The lowest BCUT2D eigenvalue weighted by molar-refractivity contribution is -0.126. The van der Waals surface area contributed by atoms with Crippen LogP contribution >= 0.6 is 0 Å². The highest BCUT2D eigenvalue weighted by atomic mass is 32.2.